The quantitative estimate of drug-likeness (QED) is 0.564. The fraction of sp³-hybridized carbons (Fsp3) is 0.423. The van der Waals surface area contributed by atoms with E-state index in [4.69, 9.17) is 21.1 Å². The van der Waals surface area contributed by atoms with Crippen LogP contribution < -0.4 is 10.7 Å². The molecule has 0 saturated carbocycles. The minimum absolute atomic E-state index is 0.0280. The van der Waals surface area contributed by atoms with E-state index in [9.17, 15) is 9.59 Å². The second-order valence-corrected chi connectivity index (χ2v) is 9.48. The van der Waals surface area contributed by atoms with Crippen LogP contribution in [0.15, 0.2) is 47.3 Å². The molecule has 2 aliphatic heterocycles. The lowest BCUT2D eigenvalue weighted by molar-refractivity contribution is 0.0342. The van der Waals surface area contributed by atoms with E-state index in [0.717, 1.165) is 49.1 Å². The van der Waals surface area contributed by atoms with Gasteiger partial charge in [-0.2, -0.15) is 5.10 Å². The number of benzene rings is 2. The number of nitrogens with zero attached hydrogens (tertiary/aromatic N) is 3. The van der Waals surface area contributed by atoms with Crippen LogP contribution in [0.3, 0.4) is 0 Å². The molecule has 1 unspecified atom stereocenters. The molecule has 0 radical (unpaired) electrons. The Morgan fingerprint density at radius 1 is 1.06 bits per heavy atom. The molecule has 35 heavy (non-hydrogen) atoms. The number of carbonyl (C=O) groups is 1. The van der Waals surface area contributed by atoms with Gasteiger partial charge in [-0.3, -0.25) is 19.2 Å². The van der Waals surface area contributed by atoms with Crippen molar-refractivity contribution in [1.29, 1.82) is 0 Å². The summed E-state index contributed by atoms with van der Waals surface area (Å²) in [6.45, 7) is 5.37. The number of ether oxygens (including phenoxy) is 2. The van der Waals surface area contributed by atoms with Crippen LogP contribution in [0.25, 0.3) is 10.9 Å². The Morgan fingerprint density at radius 3 is 2.57 bits per heavy atom. The van der Waals surface area contributed by atoms with Gasteiger partial charge >= 0.3 is 0 Å². The third-order valence-corrected chi connectivity index (χ3v) is 6.80. The summed E-state index contributed by atoms with van der Waals surface area (Å²) in [6, 6.07) is 13.1. The van der Waals surface area contributed by atoms with Crippen molar-refractivity contribution in [2.24, 2.45) is 0 Å². The fourth-order valence-corrected chi connectivity index (χ4v) is 4.75. The van der Waals surface area contributed by atoms with Crippen molar-refractivity contribution < 1.29 is 14.3 Å². The number of amides is 1. The first kappa shape index (κ1) is 23.9. The summed E-state index contributed by atoms with van der Waals surface area (Å²) in [4.78, 5) is 28.9. The molecule has 3 heterocycles. The Labute approximate surface area is 208 Å². The van der Waals surface area contributed by atoms with Crippen molar-refractivity contribution in [2.45, 2.75) is 32.0 Å². The zero-order valence-electron chi connectivity index (χ0n) is 19.5. The van der Waals surface area contributed by atoms with Gasteiger partial charge in [-0.25, -0.2) is 0 Å². The smallest absolute Gasteiger partial charge is 0.276 e. The lowest BCUT2D eigenvalue weighted by Gasteiger charge is -2.27. The highest BCUT2D eigenvalue weighted by molar-refractivity contribution is 6.30. The molecule has 1 aromatic heterocycles. The summed E-state index contributed by atoms with van der Waals surface area (Å²) >= 11 is 5.95. The number of carbonyl (C=O) groups excluding carboxylic acids is 1. The number of rotatable bonds is 6. The molecule has 0 spiro atoms. The van der Waals surface area contributed by atoms with Gasteiger partial charge in [0.2, 0.25) is 5.43 Å². The number of nitrogens with one attached hydrogen (secondary N) is 1. The van der Waals surface area contributed by atoms with Crippen molar-refractivity contribution in [3.63, 3.8) is 0 Å². The summed E-state index contributed by atoms with van der Waals surface area (Å²) in [6.07, 6.45) is 1.79. The number of hydrogen-bond acceptors (Lipinski definition) is 6. The van der Waals surface area contributed by atoms with Crippen LogP contribution in [0.5, 0.6) is 0 Å². The maximum atomic E-state index is 13.5. The first-order valence-corrected chi connectivity index (χ1v) is 12.4. The highest BCUT2D eigenvalue weighted by Gasteiger charge is 2.24. The molecule has 5 rings (SSSR count). The normalized spacial score (nSPS) is 19.1. The van der Waals surface area contributed by atoms with E-state index in [1.165, 1.54) is 0 Å². The lowest BCUT2D eigenvalue weighted by atomic mass is 10.1. The van der Waals surface area contributed by atoms with Crippen molar-refractivity contribution >= 4 is 28.4 Å². The zero-order chi connectivity index (χ0) is 24.2. The summed E-state index contributed by atoms with van der Waals surface area (Å²) < 4.78 is 12.9. The first-order chi connectivity index (χ1) is 17.1. The molecule has 0 aliphatic carbocycles. The highest BCUT2D eigenvalue weighted by atomic mass is 35.5. The van der Waals surface area contributed by atoms with Crippen molar-refractivity contribution in [2.75, 3.05) is 39.5 Å². The van der Waals surface area contributed by atoms with Crippen LogP contribution >= 0.6 is 11.6 Å². The van der Waals surface area contributed by atoms with Crippen molar-refractivity contribution in [1.82, 2.24) is 20.0 Å². The van der Waals surface area contributed by atoms with E-state index >= 15 is 0 Å². The molecule has 9 heteroatoms. The standard InChI is InChI=1S/C26H29ClN4O4/c27-20-6-3-18(4-7-20)15-28-26(33)24-25(32)22-14-19(16-30-9-12-34-13-10-30)5-8-23(22)31(29-24)21-2-1-11-35-17-21/h3-8,14,21H,1-2,9-13,15-17H2,(H,28,33). The average Bonchev–Trinajstić information content (AvgIpc) is 2.90. The molecule has 2 aliphatic rings. The van der Waals surface area contributed by atoms with Crippen molar-refractivity contribution in [3.05, 3.63) is 74.5 Å². The first-order valence-electron chi connectivity index (χ1n) is 12.0. The van der Waals surface area contributed by atoms with E-state index < -0.39 is 5.91 Å². The zero-order valence-corrected chi connectivity index (χ0v) is 20.3. The van der Waals surface area contributed by atoms with Gasteiger partial charge in [0.05, 0.1) is 36.8 Å². The topological polar surface area (TPSA) is 85.7 Å². The second-order valence-electron chi connectivity index (χ2n) is 9.04. The molecule has 1 amide bonds. The number of halogens is 1. The van der Waals surface area contributed by atoms with E-state index in [-0.39, 0.29) is 23.7 Å². The van der Waals surface area contributed by atoms with E-state index in [1.54, 1.807) is 12.1 Å². The van der Waals surface area contributed by atoms with Gasteiger partial charge in [0.25, 0.3) is 5.91 Å². The minimum atomic E-state index is -0.490. The lowest BCUT2D eigenvalue weighted by Crippen LogP contribution is -2.36. The van der Waals surface area contributed by atoms with Gasteiger partial charge in [-0.1, -0.05) is 29.8 Å². The Kier molecular flexibility index (Phi) is 7.43. The van der Waals surface area contributed by atoms with E-state index in [2.05, 4.69) is 15.3 Å². The molecular formula is C26H29ClN4O4. The summed E-state index contributed by atoms with van der Waals surface area (Å²) in [7, 11) is 0. The highest BCUT2D eigenvalue weighted by Crippen LogP contribution is 2.24. The second kappa shape index (κ2) is 10.9. The maximum absolute atomic E-state index is 13.5. The predicted molar refractivity (Wildman–Crippen MR) is 134 cm³/mol. The van der Waals surface area contributed by atoms with Gasteiger partial charge in [0, 0.05) is 37.8 Å². The summed E-state index contributed by atoms with van der Waals surface area (Å²) in [5.41, 5.74) is 2.19. The van der Waals surface area contributed by atoms with Crippen LogP contribution in [0, 0.1) is 0 Å². The number of aromatic nitrogens is 2. The van der Waals surface area contributed by atoms with Crippen molar-refractivity contribution in [3.8, 4) is 0 Å². The molecule has 184 valence electrons. The Hall–Kier alpha value is -2.78. The largest absolute Gasteiger partial charge is 0.379 e. The molecule has 2 fully saturated rings. The summed E-state index contributed by atoms with van der Waals surface area (Å²) in [5.74, 6) is -0.490. The molecule has 8 nitrogen and oxygen atoms in total. The molecule has 0 bridgehead atoms. The monoisotopic (exact) mass is 496 g/mol. The van der Waals surface area contributed by atoms with Crippen LogP contribution in [-0.4, -0.2) is 60.1 Å². The van der Waals surface area contributed by atoms with Gasteiger partial charge in [0.15, 0.2) is 5.69 Å². The SMILES string of the molecule is O=C(NCc1ccc(Cl)cc1)c1nn(C2CCCOC2)c2ccc(CN3CCOCC3)cc2c1=O. The van der Waals surface area contributed by atoms with Crippen LogP contribution in [0.2, 0.25) is 5.02 Å². The van der Waals surface area contributed by atoms with E-state index in [0.29, 0.717) is 36.8 Å². The molecule has 2 aromatic carbocycles. The Morgan fingerprint density at radius 2 is 1.83 bits per heavy atom. The predicted octanol–water partition coefficient (Wildman–Crippen LogP) is 3.16. The van der Waals surface area contributed by atoms with Gasteiger partial charge in [-0.05, 0) is 48.2 Å². The maximum Gasteiger partial charge on any atom is 0.276 e. The Balaban J connectivity index is 1.48. The van der Waals surface area contributed by atoms with E-state index in [1.807, 2.05) is 35.0 Å². The third kappa shape index (κ3) is 5.56. The minimum Gasteiger partial charge on any atom is -0.379 e. The molecular weight excluding hydrogens is 468 g/mol. The summed E-state index contributed by atoms with van der Waals surface area (Å²) in [5, 5.41) is 8.53. The molecule has 3 aromatic rings. The van der Waals surface area contributed by atoms with Gasteiger partial charge in [-0.15, -0.1) is 0 Å². The number of fused-ring (bicyclic) bond motifs is 1. The Bertz CT molecular complexity index is 1250. The van der Waals surface area contributed by atoms with Crippen LogP contribution in [0.4, 0.5) is 0 Å². The van der Waals surface area contributed by atoms with Crippen LogP contribution in [0.1, 0.15) is 40.5 Å². The average molecular weight is 497 g/mol. The molecule has 1 N–H and O–H groups in total. The molecule has 2 saturated heterocycles. The van der Waals surface area contributed by atoms with Gasteiger partial charge in [0.1, 0.15) is 0 Å². The molecule has 1 atom stereocenters. The van der Waals surface area contributed by atoms with Gasteiger partial charge < -0.3 is 14.8 Å². The van der Waals surface area contributed by atoms with Crippen LogP contribution in [-0.2, 0) is 22.6 Å². The number of morpholine rings is 1. The third-order valence-electron chi connectivity index (χ3n) is 6.55. The number of hydrogen-bond donors (Lipinski definition) is 1. The fourth-order valence-electron chi connectivity index (χ4n) is 4.63.